The molecule has 1 heterocycles. The molecule has 2 aromatic rings. The van der Waals surface area contributed by atoms with Gasteiger partial charge in [0, 0.05) is 31.4 Å². The number of para-hydroxylation sites is 1. The van der Waals surface area contributed by atoms with Crippen LogP contribution in [0.3, 0.4) is 0 Å². The SMILES string of the molecule is Cn1ccnc1Cc1ccccc1O.O=CO. The van der Waals surface area contributed by atoms with E-state index in [1.807, 2.05) is 36.0 Å². The zero-order chi connectivity index (χ0) is 12.7. The topological polar surface area (TPSA) is 75.3 Å². The first kappa shape index (κ1) is 12.8. The van der Waals surface area contributed by atoms with Crippen LogP contribution in [-0.2, 0) is 18.3 Å². The van der Waals surface area contributed by atoms with Crippen LogP contribution in [0.1, 0.15) is 11.4 Å². The van der Waals surface area contributed by atoms with E-state index in [1.165, 1.54) is 0 Å². The average molecular weight is 234 g/mol. The number of rotatable bonds is 2. The molecule has 0 radical (unpaired) electrons. The van der Waals surface area contributed by atoms with E-state index < -0.39 is 0 Å². The van der Waals surface area contributed by atoms with E-state index in [9.17, 15) is 5.11 Å². The van der Waals surface area contributed by atoms with E-state index in [-0.39, 0.29) is 6.47 Å². The highest BCUT2D eigenvalue weighted by Gasteiger charge is 2.04. The molecule has 0 aliphatic carbocycles. The average Bonchev–Trinajstić information content (AvgIpc) is 2.69. The van der Waals surface area contributed by atoms with E-state index in [2.05, 4.69) is 4.98 Å². The Hall–Kier alpha value is -2.30. The van der Waals surface area contributed by atoms with E-state index in [0.717, 1.165) is 11.4 Å². The first-order chi connectivity index (χ1) is 8.19. The van der Waals surface area contributed by atoms with Crippen LogP contribution in [0.4, 0.5) is 0 Å². The summed E-state index contributed by atoms with van der Waals surface area (Å²) in [7, 11) is 1.95. The van der Waals surface area contributed by atoms with Crippen LogP contribution in [0.5, 0.6) is 5.75 Å². The molecule has 5 heteroatoms. The summed E-state index contributed by atoms with van der Waals surface area (Å²) in [4.78, 5) is 12.6. The molecule has 0 atom stereocenters. The molecule has 5 nitrogen and oxygen atoms in total. The van der Waals surface area contributed by atoms with E-state index in [0.29, 0.717) is 12.2 Å². The number of benzene rings is 1. The largest absolute Gasteiger partial charge is 0.508 e. The fourth-order valence-corrected chi connectivity index (χ4v) is 1.40. The zero-order valence-corrected chi connectivity index (χ0v) is 9.45. The highest BCUT2D eigenvalue weighted by atomic mass is 16.3. The van der Waals surface area contributed by atoms with Crippen LogP contribution in [0.15, 0.2) is 36.7 Å². The molecule has 0 aliphatic heterocycles. The quantitative estimate of drug-likeness (QED) is 0.770. The molecule has 1 aromatic carbocycles. The highest BCUT2D eigenvalue weighted by molar-refractivity contribution is 5.34. The number of imidazole rings is 1. The number of phenolic OH excluding ortho intramolecular Hbond substituents is 1. The van der Waals surface area contributed by atoms with Crippen molar-refractivity contribution >= 4 is 6.47 Å². The summed E-state index contributed by atoms with van der Waals surface area (Å²) in [5, 5.41) is 16.5. The van der Waals surface area contributed by atoms with Crippen LogP contribution in [-0.4, -0.2) is 26.2 Å². The molecule has 0 spiro atoms. The van der Waals surface area contributed by atoms with Gasteiger partial charge in [-0.05, 0) is 6.07 Å². The Morgan fingerprint density at radius 1 is 1.41 bits per heavy atom. The van der Waals surface area contributed by atoms with Crippen molar-refractivity contribution in [3.63, 3.8) is 0 Å². The van der Waals surface area contributed by atoms with Gasteiger partial charge in [0.05, 0.1) is 0 Å². The van der Waals surface area contributed by atoms with Gasteiger partial charge in [-0.3, -0.25) is 4.79 Å². The lowest BCUT2D eigenvalue weighted by Gasteiger charge is -2.03. The van der Waals surface area contributed by atoms with Gasteiger partial charge in [-0.25, -0.2) is 4.98 Å². The van der Waals surface area contributed by atoms with Gasteiger partial charge in [0.15, 0.2) is 0 Å². The van der Waals surface area contributed by atoms with E-state index in [1.54, 1.807) is 12.3 Å². The molecular weight excluding hydrogens is 220 g/mol. The molecule has 0 unspecified atom stereocenters. The third-order valence-corrected chi connectivity index (χ3v) is 2.26. The smallest absolute Gasteiger partial charge is 0.290 e. The standard InChI is InChI=1S/C11H12N2O.CH2O2/c1-13-7-6-12-11(13)8-9-4-2-3-5-10(9)14;2-1-3/h2-7,14H,8H2,1H3;1H,(H,2,3). The maximum Gasteiger partial charge on any atom is 0.290 e. The molecular formula is C12H14N2O3. The van der Waals surface area contributed by atoms with Crippen LogP contribution in [0, 0.1) is 0 Å². The number of nitrogens with zero attached hydrogens (tertiary/aromatic N) is 2. The Bertz CT molecular complexity index is 480. The summed E-state index contributed by atoms with van der Waals surface area (Å²) in [6, 6.07) is 7.33. The van der Waals surface area contributed by atoms with Crippen molar-refractivity contribution in [2.45, 2.75) is 6.42 Å². The second-order valence-corrected chi connectivity index (χ2v) is 3.37. The van der Waals surface area contributed by atoms with Crippen molar-refractivity contribution in [2.75, 3.05) is 0 Å². The molecule has 0 saturated carbocycles. The summed E-state index contributed by atoms with van der Waals surface area (Å²) >= 11 is 0. The van der Waals surface area contributed by atoms with Gasteiger partial charge in [0.2, 0.25) is 0 Å². The zero-order valence-electron chi connectivity index (χ0n) is 9.45. The Morgan fingerprint density at radius 2 is 2.06 bits per heavy atom. The molecule has 0 saturated heterocycles. The monoisotopic (exact) mass is 234 g/mol. The lowest BCUT2D eigenvalue weighted by atomic mass is 10.1. The number of hydrogen-bond donors (Lipinski definition) is 2. The minimum atomic E-state index is -0.250. The second kappa shape index (κ2) is 6.32. The van der Waals surface area contributed by atoms with Crippen LogP contribution >= 0.6 is 0 Å². The first-order valence-electron chi connectivity index (χ1n) is 5.00. The van der Waals surface area contributed by atoms with Crippen molar-refractivity contribution in [3.8, 4) is 5.75 Å². The van der Waals surface area contributed by atoms with Crippen molar-refractivity contribution in [1.29, 1.82) is 0 Å². The number of carbonyl (C=O) groups is 1. The highest BCUT2D eigenvalue weighted by Crippen LogP contribution is 2.18. The van der Waals surface area contributed by atoms with Crippen LogP contribution < -0.4 is 0 Å². The van der Waals surface area contributed by atoms with Crippen molar-refractivity contribution in [3.05, 3.63) is 48.0 Å². The number of aryl methyl sites for hydroxylation is 1. The van der Waals surface area contributed by atoms with Gasteiger partial charge in [-0.2, -0.15) is 0 Å². The van der Waals surface area contributed by atoms with E-state index in [4.69, 9.17) is 9.90 Å². The predicted octanol–water partition coefficient (Wildman–Crippen LogP) is 1.42. The van der Waals surface area contributed by atoms with Gasteiger partial charge in [0.1, 0.15) is 11.6 Å². The van der Waals surface area contributed by atoms with Gasteiger partial charge in [-0.1, -0.05) is 18.2 Å². The second-order valence-electron chi connectivity index (χ2n) is 3.37. The summed E-state index contributed by atoms with van der Waals surface area (Å²) in [5.41, 5.74) is 0.904. The maximum atomic E-state index is 9.56. The molecule has 0 aliphatic rings. The number of aromatic nitrogens is 2. The predicted molar refractivity (Wildman–Crippen MR) is 62.8 cm³/mol. The Labute approximate surface area is 99.0 Å². The summed E-state index contributed by atoms with van der Waals surface area (Å²) in [5.74, 6) is 1.28. The fourth-order valence-electron chi connectivity index (χ4n) is 1.40. The van der Waals surface area contributed by atoms with Crippen molar-refractivity contribution in [2.24, 2.45) is 7.05 Å². The summed E-state index contributed by atoms with van der Waals surface area (Å²) < 4.78 is 1.95. The van der Waals surface area contributed by atoms with Gasteiger partial charge >= 0.3 is 0 Å². The van der Waals surface area contributed by atoms with E-state index >= 15 is 0 Å². The summed E-state index contributed by atoms with van der Waals surface area (Å²) in [6.45, 7) is -0.250. The normalized spacial score (nSPS) is 9.24. The molecule has 0 fully saturated rings. The number of carboxylic acid groups (broad SMARTS) is 1. The molecule has 0 bridgehead atoms. The molecule has 2 rings (SSSR count). The third-order valence-electron chi connectivity index (χ3n) is 2.26. The van der Waals surface area contributed by atoms with Crippen molar-refractivity contribution < 1.29 is 15.0 Å². The van der Waals surface area contributed by atoms with Crippen LogP contribution in [0.2, 0.25) is 0 Å². The lowest BCUT2D eigenvalue weighted by molar-refractivity contribution is -0.122. The minimum Gasteiger partial charge on any atom is -0.508 e. The number of hydrogen-bond acceptors (Lipinski definition) is 3. The van der Waals surface area contributed by atoms with Gasteiger partial charge < -0.3 is 14.8 Å². The Balaban J connectivity index is 0.000000437. The maximum absolute atomic E-state index is 9.56. The number of phenols is 1. The van der Waals surface area contributed by atoms with Crippen LogP contribution in [0.25, 0.3) is 0 Å². The molecule has 2 N–H and O–H groups in total. The van der Waals surface area contributed by atoms with Gasteiger partial charge in [-0.15, -0.1) is 0 Å². The molecule has 90 valence electrons. The first-order valence-corrected chi connectivity index (χ1v) is 5.00. The molecule has 1 aromatic heterocycles. The minimum absolute atomic E-state index is 0.250. The van der Waals surface area contributed by atoms with Crippen molar-refractivity contribution in [1.82, 2.24) is 9.55 Å². The Morgan fingerprint density at radius 3 is 2.59 bits per heavy atom. The molecule has 17 heavy (non-hydrogen) atoms. The lowest BCUT2D eigenvalue weighted by Crippen LogP contribution is -1.98. The third kappa shape index (κ3) is 3.64. The summed E-state index contributed by atoms with van der Waals surface area (Å²) in [6.07, 6.45) is 4.32. The number of aromatic hydroxyl groups is 1. The fraction of sp³-hybridized carbons (Fsp3) is 0.167. The Kier molecular flexibility index (Phi) is 4.75. The molecule has 0 amide bonds. The van der Waals surface area contributed by atoms with Gasteiger partial charge in [0.25, 0.3) is 6.47 Å².